The maximum atomic E-state index is 13.0. The van der Waals surface area contributed by atoms with E-state index in [9.17, 15) is 4.39 Å². The zero-order valence-electron chi connectivity index (χ0n) is 11.1. The van der Waals surface area contributed by atoms with Crippen LogP contribution in [0, 0.1) is 12.7 Å². The Morgan fingerprint density at radius 1 is 1.32 bits per heavy atom. The highest BCUT2D eigenvalue weighted by atomic mass is 19.1. The van der Waals surface area contributed by atoms with Gasteiger partial charge in [0.25, 0.3) is 0 Å². The molecule has 0 radical (unpaired) electrons. The molecule has 0 aliphatic carbocycles. The quantitative estimate of drug-likeness (QED) is 0.918. The predicted octanol–water partition coefficient (Wildman–Crippen LogP) is 3.13. The minimum absolute atomic E-state index is 0.111. The molecule has 1 atom stereocenters. The third-order valence-electron chi connectivity index (χ3n) is 2.81. The van der Waals surface area contributed by atoms with Crippen LogP contribution in [0.15, 0.2) is 36.7 Å². The third-order valence-corrected chi connectivity index (χ3v) is 2.81. The Morgan fingerprint density at radius 3 is 2.79 bits per heavy atom. The van der Waals surface area contributed by atoms with Gasteiger partial charge in [-0.05, 0) is 26.0 Å². The molecule has 0 amide bonds. The van der Waals surface area contributed by atoms with Gasteiger partial charge in [-0.25, -0.2) is 4.39 Å². The lowest BCUT2D eigenvalue weighted by Gasteiger charge is -2.14. The van der Waals surface area contributed by atoms with E-state index in [0.29, 0.717) is 5.56 Å². The van der Waals surface area contributed by atoms with Crippen LogP contribution in [0.2, 0.25) is 0 Å². The van der Waals surface area contributed by atoms with Crippen molar-refractivity contribution in [3.63, 3.8) is 0 Å². The van der Waals surface area contributed by atoms with Gasteiger partial charge < -0.3 is 10.5 Å². The second kappa shape index (κ2) is 5.80. The van der Waals surface area contributed by atoms with Gasteiger partial charge in [-0.3, -0.25) is 4.98 Å². The lowest BCUT2D eigenvalue weighted by molar-refractivity contribution is 0.300. The predicted molar refractivity (Wildman–Crippen MR) is 72.3 cm³/mol. The summed E-state index contributed by atoms with van der Waals surface area (Å²) < 4.78 is 18.7. The van der Waals surface area contributed by atoms with Gasteiger partial charge in [0.05, 0.1) is 6.20 Å². The maximum absolute atomic E-state index is 13.0. The van der Waals surface area contributed by atoms with Crippen molar-refractivity contribution in [2.24, 2.45) is 5.73 Å². The van der Waals surface area contributed by atoms with Crippen molar-refractivity contribution >= 4 is 0 Å². The first-order chi connectivity index (χ1) is 9.06. The van der Waals surface area contributed by atoms with E-state index in [1.54, 1.807) is 6.20 Å². The normalized spacial score (nSPS) is 12.2. The molecule has 0 bridgehead atoms. The molecule has 0 aliphatic heterocycles. The topological polar surface area (TPSA) is 48.1 Å². The van der Waals surface area contributed by atoms with Gasteiger partial charge in [0.2, 0.25) is 0 Å². The number of hydrogen-bond donors (Lipinski definition) is 1. The number of ether oxygens (including phenoxy) is 1. The van der Waals surface area contributed by atoms with Crippen molar-refractivity contribution in [1.29, 1.82) is 0 Å². The van der Waals surface area contributed by atoms with Crippen LogP contribution in [0.4, 0.5) is 4.39 Å². The number of hydrogen-bond acceptors (Lipinski definition) is 3. The Morgan fingerprint density at radius 2 is 2.11 bits per heavy atom. The van der Waals surface area contributed by atoms with Gasteiger partial charge >= 0.3 is 0 Å². The molecule has 0 aliphatic rings. The van der Waals surface area contributed by atoms with Crippen molar-refractivity contribution in [2.45, 2.75) is 26.5 Å². The zero-order valence-corrected chi connectivity index (χ0v) is 11.1. The highest BCUT2D eigenvalue weighted by Crippen LogP contribution is 2.25. The second-order valence-corrected chi connectivity index (χ2v) is 4.63. The zero-order chi connectivity index (χ0) is 13.8. The van der Waals surface area contributed by atoms with Crippen molar-refractivity contribution in [3.05, 3.63) is 59.2 Å². The largest absolute Gasteiger partial charge is 0.489 e. The van der Waals surface area contributed by atoms with Crippen LogP contribution < -0.4 is 10.5 Å². The SMILES string of the molecule is Cc1ccc(OCc2cncc(F)c2)c([C@H](C)N)c1. The summed E-state index contributed by atoms with van der Waals surface area (Å²) in [5.74, 6) is 0.363. The average Bonchev–Trinajstić information content (AvgIpc) is 2.37. The van der Waals surface area contributed by atoms with Gasteiger partial charge in [0.15, 0.2) is 0 Å². The van der Waals surface area contributed by atoms with Gasteiger partial charge in [-0.1, -0.05) is 17.7 Å². The summed E-state index contributed by atoms with van der Waals surface area (Å²) in [6, 6.07) is 7.16. The van der Waals surface area contributed by atoms with E-state index in [1.807, 2.05) is 32.0 Å². The Kier molecular flexibility index (Phi) is 4.12. The van der Waals surface area contributed by atoms with Crippen molar-refractivity contribution in [2.75, 3.05) is 0 Å². The van der Waals surface area contributed by atoms with E-state index >= 15 is 0 Å². The fraction of sp³-hybridized carbons (Fsp3) is 0.267. The molecule has 2 aromatic rings. The lowest BCUT2D eigenvalue weighted by Crippen LogP contribution is -2.08. The Labute approximate surface area is 112 Å². The Bertz CT molecular complexity index is 570. The van der Waals surface area contributed by atoms with Gasteiger partial charge in [0, 0.05) is 23.4 Å². The minimum Gasteiger partial charge on any atom is -0.489 e. The van der Waals surface area contributed by atoms with Crippen molar-refractivity contribution < 1.29 is 9.13 Å². The fourth-order valence-electron chi connectivity index (χ4n) is 1.85. The van der Waals surface area contributed by atoms with E-state index in [-0.39, 0.29) is 18.5 Å². The second-order valence-electron chi connectivity index (χ2n) is 4.63. The first-order valence-electron chi connectivity index (χ1n) is 6.14. The van der Waals surface area contributed by atoms with Crippen LogP contribution in [0.3, 0.4) is 0 Å². The fourth-order valence-corrected chi connectivity index (χ4v) is 1.85. The molecule has 0 saturated carbocycles. The van der Waals surface area contributed by atoms with Crippen LogP contribution in [0.1, 0.15) is 29.7 Å². The molecule has 1 aromatic carbocycles. The third kappa shape index (κ3) is 3.51. The first kappa shape index (κ1) is 13.5. The van der Waals surface area contributed by atoms with E-state index in [0.717, 1.165) is 16.9 Å². The summed E-state index contributed by atoms with van der Waals surface area (Å²) in [7, 11) is 0. The number of benzene rings is 1. The Hall–Kier alpha value is -1.94. The van der Waals surface area contributed by atoms with E-state index in [4.69, 9.17) is 10.5 Å². The number of aromatic nitrogens is 1. The number of pyridine rings is 1. The monoisotopic (exact) mass is 260 g/mol. The van der Waals surface area contributed by atoms with Crippen molar-refractivity contribution in [1.82, 2.24) is 4.98 Å². The van der Waals surface area contributed by atoms with Crippen LogP contribution in [-0.2, 0) is 6.61 Å². The van der Waals surface area contributed by atoms with Gasteiger partial charge in [0.1, 0.15) is 18.2 Å². The van der Waals surface area contributed by atoms with Crippen molar-refractivity contribution in [3.8, 4) is 5.75 Å². The number of halogens is 1. The maximum Gasteiger partial charge on any atom is 0.141 e. The molecule has 19 heavy (non-hydrogen) atoms. The van der Waals surface area contributed by atoms with Crippen LogP contribution in [0.5, 0.6) is 5.75 Å². The molecule has 1 aromatic heterocycles. The molecule has 0 unspecified atom stereocenters. The van der Waals surface area contributed by atoms with Crippen LogP contribution in [-0.4, -0.2) is 4.98 Å². The number of rotatable bonds is 4. The molecule has 0 fully saturated rings. The standard InChI is InChI=1S/C15H17FN2O/c1-10-3-4-15(14(5-10)11(2)17)19-9-12-6-13(16)8-18-7-12/h3-8,11H,9,17H2,1-2H3/t11-/m0/s1. The molecule has 2 rings (SSSR count). The number of nitrogens with two attached hydrogens (primary N) is 1. The molecule has 100 valence electrons. The lowest BCUT2D eigenvalue weighted by atomic mass is 10.1. The molecule has 4 heteroatoms. The summed E-state index contributed by atoms with van der Waals surface area (Å²) in [4.78, 5) is 3.79. The van der Waals surface area contributed by atoms with E-state index < -0.39 is 0 Å². The summed E-state index contributed by atoms with van der Waals surface area (Å²) in [5.41, 5.74) is 8.70. The first-order valence-corrected chi connectivity index (χ1v) is 6.14. The highest BCUT2D eigenvalue weighted by Gasteiger charge is 2.09. The summed E-state index contributed by atoms with van der Waals surface area (Å²) in [5, 5.41) is 0. The van der Waals surface area contributed by atoms with E-state index in [1.165, 1.54) is 12.3 Å². The molecule has 1 heterocycles. The molecule has 2 N–H and O–H groups in total. The molecule has 0 saturated heterocycles. The van der Waals surface area contributed by atoms with Crippen LogP contribution >= 0.6 is 0 Å². The van der Waals surface area contributed by atoms with Gasteiger partial charge in [-0.15, -0.1) is 0 Å². The average molecular weight is 260 g/mol. The van der Waals surface area contributed by atoms with Crippen LogP contribution in [0.25, 0.3) is 0 Å². The number of aryl methyl sites for hydroxylation is 1. The van der Waals surface area contributed by atoms with E-state index in [2.05, 4.69) is 4.98 Å². The highest BCUT2D eigenvalue weighted by molar-refractivity contribution is 5.38. The summed E-state index contributed by atoms with van der Waals surface area (Å²) in [6.45, 7) is 4.19. The molecule has 3 nitrogen and oxygen atoms in total. The summed E-state index contributed by atoms with van der Waals surface area (Å²) in [6.07, 6.45) is 2.76. The smallest absolute Gasteiger partial charge is 0.141 e. The summed E-state index contributed by atoms with van der Waals surface area (Å²) >= 11 is 0. The molecule has 0 spiro atoms. The number of nitrogens with zero attached hydrogens (tertiary/aromatic N) is 1. The minimum atomic E-state index is -0.363. The Balaban J connectivity index is 2.15. The van der Waals surface area contributed by atoms with Gasteiger partial charge in [-0.2, -0.15) is 0 Å². The molecular weight excluding hydrogens is 243 g/mol. The molecular formula is C15H17FN2O.